The minimum absolute atomic E-state index is 0.171. The molecule has 0 aromatic heterocycles. The number of ether oxygens (including phenoxy) is 1. The van der Waals surface area contributed by atoms with Crippen LogP contribution in [-0.4, -0.2) is 25.5 Å². The zero-order valence-electron chi connectivity index (χ0n) is 13.6. The molecule has 0 aliphatic rings. The Balaban J connectivity index is 1.76. The minimum Gasteiger partial charge on any atom is -0.497 e. The largest absolute Gasteiger partial charge is 0.497 e. The Bertz CT molecular complexity index is 766. The van der Waals surface area contributed by atoms with E-state index in [0.29, 0.717) is 19.0 Å². The molecule has 0 atom stereocenters. The molecule has 0 fully saturated rings. The number of rotatable bonds is 7. The van der Waals surface area contributed by atoms with Crippen LogP contribution in [0.25, 0.3) is 0 Å². The highest BCUT2D eigenvalue weighted by atomic mass is 19.1. The van der Waals surface area contributed by atoms with Gasteiger partial charge >= 0.3 is 0 Å². The monoisotopic (exact) mass is 348 g/mol. The summed E-state index contributed by atoms with van der Waals surface area (Å²) in [6, 6.07) is 10.2. The van der Waals surface area contributed by atoms with Crippen molar-refractivity contribution in [3.05, 3.63) is 59.7 Å². The first kappa shape index (κ1) is 18.4. The maximum Gasteiger partial charge on any atom is 0.233 e. The molecule has 0 radical (unpaired) electrons. The van der Waals surface area contributed by atoms with Gasteiger partial charge < -0.3 is 15.4 Å². The van der Waals surface area contributed by atoms with Gasteiger partial charge in [0.25, 0.3) is 0 Å². The highest BCUT2D eigenvalue weighted by molar-refractivity contribution is 6.03. The van der Waals surface area contributed by atoms with Crippen LogP contribution in [0.3, 0.4) is 0 Å². The van der Waals surface area contributed by atoms with E-state index in [-0.39, 0.29) is 5.69 Å². The molecule has 5 nitrogen and oxygen atoms in total. The van der Waals surface area contributed by atoms with Crippen molar-refractivity contribution in [2.45, 2.75) is 12.8 Å². The molecule has 2 amide bonds. The van der Waals surface area contributed by atoms with Gasteiger partial charge in [0.15, 0.2) is 0 Å². The first-order valence-corrected chi connectivity index (χ1v) is 7.62. The fourth-order valence-electron chi connectivity index (χ4n) is 2.17. The highest BCUT2D eigenvalue weighted by Crippen LogP contribution is 2.15. The molecule has 0 unspecified atom stereocenters. The molecule has 0 aliphatic carbocycles. The van der Waals surface area contributed by atoms with E-state index in [4.69, 9.17) is 4.74 Å². The number of benzene rings is 2. The van der Waals surface area contributed by atoms with Crippen LogP contribution in [0, 0.1) is 11.6 Å². The lowest BCUT2D eigenvalue weighted by molar-refractivity contribution is -0.126. The topological polar surface area (TPSA) is 67.4 Å². The molecule has 0 spiro atoms. The molecule has 2 N–H and O–H groups in total. The van der Waals surface area contributed by atoms with Gasteiger partial charge in [0.1, 0.15) is 23.8 Å². The van der Waals surface area contributed by atoms with Gasteiger partial charge in [-0.15, -0.1) is 0 Å². The van der Waals surface area contributed by atoms with Crippen molar-refractivity contribution in [2.75, 3.05) is 19.0 Å². The van der Waals surface area contributed by atoms with Crippen LogP contribution in [0.1, 0.15) is 12.0 Å². The van der Waals surface area contributed by atoms with Crippen LogP contribution in [0.4, 0.5) is 14.5 Å². The summed E-state index contributed by atoms with van der Waals surface area (Å²) in [6.45, 7) is 0.351. The zero-order valence-corrected chi connectivity index (χ0v) is 13.6. The number of nitrogens with one attached hydrogen (secondary N) is 2. The van der Waals surface area contributed by atoms with E-state index >= 15 is 0 Å². The Morgan fingerprint density at radius 1 is 1.08 bits per heavy atom. The molecule has 2 rings (SSSR count). The summed E-state index contributed by atoms with van der Waals surface area (Å²) >= 11 is 0. The third-order valence-electron chi connectivity index (χ3n) is 3.40. The summed E-state index contributed by atoms with van der Waals surface area (Å²) in [6.07, 6.45) is 0.131. The van der Waals surface area contributed by atoms with Crippen LogP contribution < -0.4 is 15.4 Å². The molecule has 25 heavy (non-hydrogen) atoms. The van der Waals surface area contributed by atoms with Gasteiger partial charge in [-0.1, -0.05) is 12.1 Å². The van der Waals surface area contributed by atoms with E-state index in [9.17, 15) is 18.4 Å². The van der Waals surface area contributed by atoms with Gasteiger partial charge in [-0.25, -0.2) is 8.78 Å². The Morgan fingerprint density at radius 3 is 2.60 bits per heavy atom. The average molecular weight is 348 g/mol. The van der Waals surface area contributed by atoms with Crippen LogP contribution in [0.5, 0.6) is 5.75 Å². The van der Waals surface area contributed by atoms with Crippen molar-refractivity contribution < 1.29 is 23.1 Å². The predicted molar refractivity (Wildman–Crippen MR) is 89.3 cm³/mol. The van der Waals surface area contributed by atoms with Crippen molar-refractivity contribution in [3.8, 4) is 5.75 Å². The number of hydrogen-bond donors (Lipinski definition) is 2. The molecular formula is C18H18F2N2O3. The number of anilines is 1. The lowest BCUT2D eigenvalue weighted by Gasteiger charge is -2.08. The number of amides is 2. The van der Waals surface area contributed by atoms with E-state index in [1.54, 1.807) is 7.11 Å². The van der Waals surface area contributed by atoms with Gasteiger partial charge in [0.2, 0.25) is 11.8 Å². The molecule has 0 aliphatic heterocycles. The fraction of sp³-hybridized carbons (Fsp3) is 0.222. The summed E-state index contributed by atoms with van der Waals surface area (Å²) < 4.78 is 31.3. The summed E-state index contributed by atoms with van der Waals surface area (Å²) in [5.74, 6) is -2.07. The van der Waals surface area contributed by atoms with E-state index in [1.807, 2.05) is 24.3 Å². The van der Waals surface area contributed by atoms with Gasteiger partial charge in [0, 0.05) is 12.6 Å². The summed E-state index contributed by atoms with van der Waals surface area (Å²) in [5, 5.41) is 4.85. The SMILES string of the molecule is COc1cccc(CCNC(=O)CC(=O)Nc2ccc(F)cc2F)c1. The minimum atomic E-state index is -0.896. The number of hydrogen-bond acceptors (Lipinski definition) is 3. The van der Waals surface area contributed by atoms with E-state index < -0.39 is 29.9 Å². The van der Waals surface area contributed by atoms with Crippen LogP contribution in [0.2, 0.25) is 0 Å². The van der Waals surface area contributed by atoms with Crippen molar-refractivity contribution in [1.29, 1.82) is 0 Å². The highest BCUT2D eigenvalue weighted by Gasteiger charge is 2.12. The van der Waals surface area contributed by atoms with E-state index in [2.05, 4.69) is 10.6 Å². The third kappa shape index (κ3) is 5.87. The normalized spacial score (nSPS) is 10.2. The maximum absolute atomic E-state index is 13.4. The lowest BCUT2D eigenvalue weighted by atomic mass is 10.1. The molecule has 2 aromatic carbocycles. The number of carbonyl (C=O) groups is 2. The summed E-state index contributed by atoms with van der Waals surface area (Å²) in [7, 11) is 1.57. The Labute approximate surface area is 144 Å². The molecule has 7 heteroatoms. The quantitative estimate of drug-likeness (QED) is 0.756. The standard InChI is InChI=1S/C18H18F2N2O3/c1-25-14-4-2-3-12(9-14)7-8-21-17(23)11-18(24)22-16-6-5-13(19)10-15(16)20/h2-6,9-10H,7-8,11H2,1H3,(H,21,23)(H,22,24). The molecule has 0 saturated carbocycles. The molecule has 0 heterocycles. The number of carbonyl (C=O) groups excluding carboxylic acids is 2. The van der Waals surface area contributed by atoms with Crippen molar-refractivity contribution in [3.63, 3.8) is 0 Å². The molecule has 0 saturated heterocycles. The fourth-order valence-corrected chi connectivity index (χ4v) is 2.17. The number of methoxy groups -OCH3 is 1. The van der Waals surface area contributed by atoms with Gasteiger partial charge in [-0.2, -0.15) is 0 Å². The Hall–Kier alpha value is -2.96. The van der Waals surface area contributed by atoms with Crippen LogP contribution in [0.15, 0.2) is 42.5 Å². The van der Waals surface area contributed by atoms with E-state index in [1.165, 1.54) is 0 Å². The van der Waals surface area contributed by atoms with Crippen molar-refractivity contribution in [2.24, 2.45) is 0 Å². The lowest BCUT2D eigenvalue weighted by Crippen LogP contribution is -2.29. The van der Waals surface area contributed by atoms with Gasteiger partial charge in [-0.05, 0) is 36.2 Å². The van der Waals surface area contributed by atoms with Crippen molar-refractivity contribution in [1.82, 2.24) is 5.32 Å². The average Bonchev–Trinajstić information content (AvgIpc) is 2.57. The Kier molecular flexibility index (Phi) is 6.45. The Morgan fingerprint density at radius 2 is 1.88 bits per heavy atom. The molecule has 0 bridgehead atoms. The van der Waals surface area contributed by atoms with E-state index in [0.717, 1.165) is 23.4 Å². The first-order chi connectivity index (χ1) is 12.0. The summed E-state index contributed by atoms with van der Waals surface area (Å²) in [5.41, 5.74) is 0.813. The third-order valence-corrected chi connectivity index (χ3v) is 3.40. The van der Waals surface area contributed by atoms with Crippen LogP contribution >= 0.6 is 0 Å². The molecule has 132 valence electrons. The van der Waals surface area contributed by atoms with Gasteiger partial charge in [0.05, 0.1) is 12.8 Å². The molecule has 2 aromatic rings. The summed E-state index contributed by atoms with van der Waals surface area (Å²) in [4.78, 5) is 23.5. The second-order valence-corrected chi connectivity index (χ2v) is 5.30. The smallest absolute Gasteiger partial charge is 0.233 e. The number of halogens is 2. The second-order valence-electron chi connectivity index (χ2n) is 5.30. The second kappa shape index (κ2) is 8.77. The molecular weight excluding hydrogens is 330 g/mol. The zero-order chi connectivity index (χ0) is 18.2. The predicted octanol–water partition coefficient (Wildman–Crippen LogP) is 2.66. The first-order valence-electron chi connectivity index (χ1n) is 7.62. The van der Waals surface area contributed by atoms with Gasteiger partial charge in [-0.3, -0.25) is 9.59 Å². The maximum atomic E-state index is 13.4. The van der Waals surface area contributed by atoms with Crippen LogP contribution in [-0.2, 0) is 16.0 Å². The van der Waals surface area contributed by atoms with Crippen molar-refractivity contribution >= 4 is 17.5 Å².